The number of carbonyl (C=O) groups is 2. The van der Waals surface area contributed by atoms with E-state index in [-0.39, 0.29) is 0 Å². The van der Waals surface area contributed by atoms with E-state index in [9.17, 15) is 22.8 Å². The van der Waals surface area contributed by atoms with Gasteiger partial charge in [0.1, 0.15) is 6.04 Å². The second kappa shape index (κ2) is 5.72. The first-order chi connectivity index (χ1) is 7.23. The molecule has 0 heterocycles. The standard InChI is InChI=1S/C9H15F3N2O2/c1-4-14(5-2)7(15)6(3)13-8(16)9(10,11)12/h6H,4-5H2,1-3H3,(H,13,16). The molecule has 0 saturated carbocycles. The molecule has 1 atom stereocenters. The average molecular weight is 240 g/mol. The van der Waals surface area contributed by atoms with Gasteiger partial charge in [0.2, 0.25) is 5.91 Å². The Morgan fingerprint density at radius 3 is 2.00 bits per heavy atom. The maximum Gasteiger partial charge on any atom is 0.471 e. The fourth-order valence-electron chi connectivity index (χ4n) is 1.15. The summed E-state index contributed by atoms with van der Waals surface area (Å²) in [5.74, 6) is -2.62. The number of nitrogens with zero attached hydrogens (tertiary/aromatic N) is 1. The molecule has 0 saturated heterocycles. The lowest BCUT2D eigenvalue weighted by Gasteiger charge is -2.23. The maximum absolute atomic E-state index is 11.9. The zero-order valence-electron chi connectivity index (χ0n) is 9.39. The topological polar surface area (TPSA) is 49.4 Å². The summed E-state index contributed by atoms with van der Waals surface area (Å²) in [6.07, 6.45) is -4.96. The molecule has 1 N–H and O–H groups in total. The number of likely N-dealkylation sites (N-methyl/N-ethyl adjacent to an activating group) is 1. The molecule has 0 aliphatic rings. The molecule has 0 bridgehead atoms. The molecule has 94 valence electrons. The van der Waals surface area contributed by atoms with Crippen molar-refractivity contribution in [2.24, 2.45) is 0 Å². The fraction of sp³-hybridized carbons (Fsp3) is 0.778. The van der Waals surface area contributed by atoms with Crippen LogP contribution in [0.3, 0.4) is 0 Å². The highest BCUT2D eigenvalue weighted by Gasteiger charge is 2.40. The Balaban J connectivity index is 4.42. The minimum Gasteiger partial charge on any atom is -0.341 e. The number of hydrogen-bond acceptors (Lipinski definition) is 2. The molecule has 7 heteroatoms. The predicted molar refractivity (Wildman–Crippen MR) is 51.6 cm³/mol. The molecule has 0 spiro atoms. The van der Waals surface area contributed by atoms with Gasteiger partial charge >= 0.3 is 12.1 Å². The van der Waals surface area contributed by atoms with Crippen LogP contribution in [0.2, 0.25) is 0 Å². The van der Waals surface area contributed by atoms with Crippen LogP contribution >= 0.6 is 0 Å². The van der Waals surface area contributed by atoms with E-state index in [1.807, 2.05) is 0 Å². The number of carbonyl (C=O) groups excluding carboxylic acids is 2. The SMILES string of the molecule is CCN(CC)C(=O)C(C)NC(=O)C(F)(F)F. The van der Waals surface area contributed by atoms with Crippen LogP contribution in [-0.4, -0.2) is 42.0 Å². The van der Waals surface area contributed by atoms with E-state index in [0.717, 1.165) is 0 Å². The minimum atomic E-state index is -4.96. The van der Waals surface area contributed by atoms with Crippen molar-refractivity contribution in [3.8, 4) is 0 Å². The van der Waals surface area contributed by atoms with Gasteiger partial charge in [-0.25, -0.2) is 0 Å². The molecule has 1 unspecified atom stereocenters. The number of hydrogen-bond donors (Lipinski definition) is 1. The molecule has 0 aliphatic carbocycles. The molecule has 0 aromatic rings. The monoisotopic (exact) mass is 240 g/mol. The molecule has 0 radical (unpaired) electrons. The summed E-state index contributed by atoms with van der Waals surface area (Å²) in [5.41, 5.74) is 0. The van der Waals surface area contributed by atoms with E-state index in [0.29, 0.717) is 13.1 Å². The van der Waals surface area contributed by atoms with Crippen LogP contribution in [0.25, 0.3) is 0 Å². The molecule has 0 fully saturated rings. The van der Waals surface area contributed by atoms with Gasteiger partial charge in [0.15, 0.2) is 0 Å². The number of halogens is 3. The first-order valence-electron chi connectivity index (χ1n) is 4.90. The molecule has 4 nitrogen and oxygen atoms in total. The summed E-state index contributed by atoms with van der Waals surface area (Å²) in [7, 11) is 0. The van der Waals surface area contributed by atoms with Crippen LogP contribution in [0.4, 0.5) is 13.2 Å². The molecule has 16 heavy (non-hydrogen) atoms. The largest absolute Gasteiger partial charge is 0.471 e. The van der Waals surface area contributed by atoms with Crippen molar-refractivity contribution in [1.82, 2.24) is 10.2 Å². The van der Waals surface area contributed by atoms with Crippen molar-refractivity contribution in [1.29, 1.82) is 0 Å². The van der Waals surface area contributed by atoms with Gasteiger partial charge in [-0.3, -0.25) is 9.59 Å². The Morgan fingerprint density at radius 2 is 1.69 bits per heavy atom. The number of alkyl halides is 3. The zero-order chi connectivity index (χ0) is 12.9. The van der Waals surface area contributed by atoms with Crippen molar-refractivity contribution in [2.45, 2.75) is 33.0 Å². The first-order valence-corrected chi connectivity index (χ1v) is 4.90. The van der Waals surface area contributed by atoms with Gasteiger partial charge in [0.05, 0.1) is 0 Å². The van der Waals surface area contributed by atoms with Crippen LogP contribution in [0.15, 0.2) is 0 Å². The highest BCUT2D eigenvalue weighted by Crippen LogP contribution is 2.14. The van der Waals surface area contributed by atoms with Gasteiger partial charge in [-0.05, 0) is 20.8 Å². The summed E-state index contributed by atoms with van der Waals surface area (Å²) < 4.78 is 35.7. The van der Waals surface area contributed by atoms with E-state index >= 15 is 0 Å². The molecule has 0 aromatic carbocycles. The third kappa shape index (κ3) is 4.08. The first kappa shape index (κ1) is 14.7. The lowest BCUT2D eigenvalue weighted by atomic mass is 10.2. The normalized spacial score (nSPS) is 13.1. The Hall–Kier alpha value is -1.27. The molecular weight excluding hydrogens is 225 g/mol. The Labute approximate surface area is 91.8 Å². The minimum absolute atomic E-state index is 0.390. The van der Waals surface area contributed by atoms with Crippen LogP contribution in [0, 0.1) is 0 Å². The van der Waals surface area contributed by atoms with E-state index in [1.165, 1.54) is 11.8 Å². The third-order valence-electron chi connectivity index (χ3n) is 2.05. The number of amides is 2. The summed E-state index contributed by atoms with van der Waals surface area (Å²) in [6.45, 7) is 5.42. The van der Waals surface area contributed by atoms with Gasteiger partial charge < -0.3 is 10.2 Å². The van der Waals surface area contributed by atoms with Crippen molar-refractivity contribution >= 4 is 11.8 Å². The molecule has 0 rings (SSSR count). The van der Waals surface area contributed by atoms with Gasteiger partial charge in [-0.2, -0.15) is 13.2 Å². The number of nitrogens with one attached hydrogen (secondary N) is 1. The van der Waals surface area contributed by atoms with E-state index in [4.69, 9.17) is 0 Å². The lowest BCUT2D eigenvalue weighted by molar-refractivity contribution is -0.175. The Morgan fingerprint density at radius 1 is 1.25 bits per heavy atom. The zero-order valence-corrected chi connectivity index (χ0v) is 9.39. The summed E-state index contributed by atoms with van der Waals surface area (Å²) in [6, 6.07) is -1.17. The van der Waals surface area contributed by atoms with Gasteiger partial charge in [-0.15, -0.1) is 0 Å². The average Bonchev–Trinajstić information content (AvgIpc) is 2.17. The van der Waals surface area contributed by atoms with E-state index in [1.54, 1.807) is 19.2 Å². The predicted octanol–water partition coefficient (Wildman–Crippen LogP) is 0.922. The van der Waals surface area contributed by atoms with E-state index in [2.05, 4.69) is 0 Å². The second-order valence-electron chi connectivity index (χ2n) is 3.20. The summed E-state index contributed by atoms with van der Waals surface area (Å²) in [5, 5.41) is 1.61. The molecule has 2 amide bonds. The molecule has 0 aromatic heterocycles. The van der Waals surface area contributed by atoms with Crippen LogP contribution < -0.4 is 5.32 Å². The molecule has 0 aliphatic heterocycles. The fourth-order valence-corrected chi connectivity index (χ4v) is 1.15. The van der Waals surface area contributed by atoms with Crippen molar-refractivity contribution in [2.75, 3.05) is 13.1 Å². The molecular formula is C9H15F3N2O2. The second-order valence-corrected chi connectivity index (χ2v) is 3.20. The Bertz CT molecular complexity index is 262. The van der Waals surface area contributed by atoms with Crippen LogP contribution in [-0.2, 0) is 9.59 Å². The lowest BCUT2D eigenvalue weighted by Crippen LogP contribution is -2.50. The van der Waals surface area contributed by atoms with Gasteiger partial charge in [0, 0.05) is 13.1 Å². The third-order valence-corrected chi connectivity index (χ3v) is 2.05. The summed E-state index contributed by atoms with van der Waals surface area (Å²) in [4.78, 5) is 23.4. The van der Waals surface area contributed by atoms with Crippen LogP contribution in [0.5, 0.6) is 0 Å². The summed E-state index contributed by atoms with van der Waals surface area (Å²) >= 11 is 0. The van der Waals surface area contributed by atoms with Crippen LogP contribution in [0.1, 0.15) is 20.8 Å². The van der Waals surface area contributed by atoms with Crippen molar-refractivity contribution < 1.29 is 22.8 Å². The van der Waals surface area contributed by atoms with E-state index < -0.39 is 24.0 Å². The number of rotatable bonds is 4. The highest BCUT2D eigenvalue weighted by molar-refractivity contribution is 5.89. The quantitative estimate of drug-likeness (QED) is 0.794. The van der Waals surface area contributed by atoms with Crippen molar-refractivity contribution in [3.05, 3.63) is 0 Å². The maximum atomic E-state index is 11.9. The van der Waals surface area contributed by atoms with Gasteiger partial charge in [-0.1, -0.05) is 0 Å². The Kier molecular flexibility index (Phi) is 5.26. The van der Waals surface area contributed by atoms with Gasteiger partial charge in [0.25, 0.3) is 0 Å². The van der Waals surface area contributed by atoms with Crippen molar-refractivity contribution in [3.63, 3.8) is 0 Å². The highest BCUT2D eigenvalue weighted by atomic mass is 19.4. The smallest absolute Gasteiger partial charge is 0.341 e.